The van der Waals surface area contributed by atoms with Crippen LogP contribution in [0.25, 0.3) is 0 Å². The Bertz CT molecular complexity index is 446. The Balaban J connectivity index is 1.42. The molecule has 1 N–H and O–H groups in total. The fourth-order valence-corrected chi connectivity index (χ4v) is 3.45. The fraction of sp³-hybridized carbons (Fsp3) is 0.667. The Morgan fingerprint density at radius 1 is 1.25 bits per heavy atom. The number of hydrogen-bond donors (Lipinski definition) is 1. The number of rotatable bonds is 7. The van der Waals surface area contributed by atoms with Gasteiger partial charge in [0.1, 0.15) is 0 Å². The van der Waals surface area contributed by atoms with Crippen LogP contribution in [0.2, 0.25) is 0 Å². The molecule has 2 heteroatoms. The van der Waals surface area contributed by atoms with Crippen molar-refractivity contribution in [2.24, 2.45) is 5.41 Å². The molecule has 0 amide bonds. The summed E-state index contributed by atoms with van der Waals surface area (Å²) in [5.74, 6) is 0.780. The van der Waals surface area contributed by atoms with E-state index in [2.05, 4.69) is 36.5 Å². The van der Waals surface area contributed by atoms with Crippen LogP contribution in [0.4, 0.5) is 0 Å². The van der Waals surface area contributed by atoms with Gasteiger partial charge in [0, 0.05) is 26.3 Å². The summed E-state index contributed by atoms with van der Waals surface area (Å²) in [5, 5.41) is 3.79. The monoisotopic (exact) mass is 273 g/mol. The SMILES string of the molecule is COCCC1(CNC2CC(c3ccccc3C)C2)CC1. The summed E-state index contributed by atoms with van der Waals surface area (Å²) in [6.45, 7) is 4.35. The van der Waals surface area contributed by atoms with Crippen LogP contribution in [0.15, 0.2) is 24.3 Å². The highest BCUT2D eigenvalue weighted by Gasteiger charge is 2.43. The van der Waals surface area contributed by atoms with Crippen molar-refractivity contribution >= 4 is 0 Å². The molecule has 0 radical (unpaired) electrons. The van der Waals surface area contributed by atoms with E-state index in [0.717, 1.165) is 18.6 Å². The molecule has 2 nitrogen and oxygen atoms in total. The first kappa shape index (κ1) is 14.1. The molecule has 0 bridgehead atoms. The van der Waals surface area contributed by atoms with Gasteiger partial charge < -0.3 is 10.1 Å². The van der Waals surface area contributed by atoms with Crippen LogP contribution in [0.3, 0.4) is 0 Å². The normalized spacial score (nSPS) is 27.1. The van der Waals surface area contributed by atoms with Gasteiger partial charge in [-0.1, -0.05) is 24.3 Å². The largest absolute Gasteiger partial charge is 0.385 e. The molecule has 0 saturated heterocycles. The molecule has 2 saturated carbocycles. The van der Waals surface area contributed by atoms with Crippen molar-refractivity contribution in [2.75, 3.05) is 20.3 Å². The Hall–Kier alpha value is -0.860. The summed E-state index contributed by atoms with van der Waals surface area (Å²) in [6.07, 6.45) is 6.62. The van der Waals surface area contributed by atoms with Gasteiger partial charge in [0.2, 0.25) is 0 Å². The van der Waals surface area contributed by atoms with Crippen LogP contribution >= 0.6 is 0 Å². The summed E-state index contributed by atoms with van der Waals surface area (Å²) in [5.41, 5.74) is 3.59. The summed E-state index contributed by atoms with van der Waals surface area (Å²) in [4.78, 5) is 0. The van der Waals surface area contributed by atoms with Gasteiger partial charge in [-0.05, 0) is 61.5 Å². The third-order valence-corrected chi connectivity index (χ3v) is 5.33. The Morgan fingerprint density at radius 2 is 2.00 bits per heavy atom. The lowest BCUT2D eigenvalue weighted by molar-refractivity contribution is 0.166. The lowest BCUT2D eigenvalue weighted by Gasteiger charge is -2.38. The molecule has 1 aromatic rings. The van der Waals surface area contributed by atoms with Crippen molar-refractivity contribution in [3.05, 3.63) is 35.4 Å². The highest BCUT2D eigenvalue weighted by molar-refractivity contribution is 5.31. The molecule has 2 fully saturated rings. The smallest absolute Gasteiger partial charge is 0.0468 e. The molecule has 20 heavy (non-hydrogen) atoms. The molecule has 3 rings (SSSR count). The Labute approximate surface area is 122 Å². The minimum Gasteiger partial charge on any atom is -0.385 e. The van der Waals surface area contributed by atoms with Crippen LogP contribution in [-0.2, 0) is 4.74 Å². The van der Waals surface area contributed by atoms with Gasteiger partial charge >= 0.3 is 0 Å². The lowest BCUT2D eigenvalue weighted by atomic mass is 9.74. The second-order valence-corrected chi connectivity index (χ2v) is 6.85. The summed E-state index contributed by atoms with van der Waals surface area (Å²) < 4.78 is 5.23. The number of benzene rings is 1. The van der Waals surface area contributed by atoms with E-state index in [0.29, 0.717) is 5.41 Å². The maximum atomic E-state index is 5.23. The summed E-state index contributed by atoms with van der Waals surface area (Å²) in [7, 11) is 1.81. The van der Waals surface area contributed by atoms with E-state index in [1.165, 1.54) is 44.2 Å². The number of hydrogen-bond acceptors (Lipinski definition) is 2. The average Bonchev–Trinajstić information content (AvgIpc) is 3.17. The first-order valence-electron chi connectivity index (χ1n) is 8.00. The first-order chi connectivity index (χ1) is 9.72. The van der Waals surface area contributed by atoms with Crippen LogP contribution in [-0.4, -0.2) is 26.3 Å². The van der Waals surface area contributed by atoms with Crippen molar-refractivity contribution in [2.45, 2.75) is 51.0 Å². The standard InChI is InChI=1S/C18H27NO/c1-14-5-3-4-6-17(14)15-11-16(12-15)19-13-18(7-8-18)9-10-20-2/h3-6,15-16,19H,7-13H2,1-2H3. The van der Waals surface area contributed by atoms with E-state index in [1.54, 1.807) is 5.56 Å². The van der Waals surface area contributed by atoms with Crippen molar-refractivity contribution in [3.63, 3.8) is 0 Å². The average molecular weight is 273 g/mol. The molecule has 2 aliphatic carbocycles. The molecule has 1 aromatic carbocycles. The van der Waals surface area contributed by atoms with Crippen LogP contribution in [0.1, 0.15) is 49.1 Å². The second kappa shape index (κ2) is 5.87. The molecule has 0 aliphatic heterocycles. The highest BCUT2D eigenvalue weighted by atomic mass is 16.5. The minimum atomic E-state index is 0.573. The zero-order valence-electron chi connectivity index (χ0n) is 12.8. The number of ether oxygens (including phenoxy) is 1. The molecule has 0 atom stereocenters. The molecular weight excluding hydrogens is 246 g/mol. The van der Waals surface area contributed by atoms with Gasteiger partial charge in [0.05, 0.1) is 0 Å². The van der Waals surface area contributed by atoms with E-state index in [1.807, 2.05) is 7.11 Å². The van der Waals surface area contributed by atoms with E-state index in [-0.39, 0.29) is 0 Å². The summed E-state index contributed by atoms with van der Waals surface area (Å²) >= 11 is 0. The molecule has 0 heterocycles. The van der Waals surface area contributed by atoms with Gasteiger partial charge in [-0.3, -0.25) is 0 Å². The highest BCUT2D eigenvalue weighted by Crippen LogP contribution is 2.49. The molecule has 110 valence electrons. The second-order valence-electron chi connectivity index (χ2n) is 6.85. The minimum absolute atomic E-state index is 0.573. The maximum absolute atomic E-state index is 5.23. The first-order valence-corrected chi connectivity index (χ1v) is 8.00. The fourth-order valence-electron chi connectivity index (χ4n) is 3.45. The van der Waals surface area contributed by atoms with Crippen LogP contribution < -0.4 is 5.32 Å². The van der Waals surface area contributed by atoms with Crippen molar-refractivity contribution < 1.29 is 4.74 Å². The zero-order chi connectivity index (χ0) is 14.0. The molecule has 0 spiro atoms. The van der Waals surface area contributed by atoms with Crippen molar-refractivity contribution in [1.29, 1.82) is 0 Å². The van der Waals surface area contributed by atoms with E-state index < -0.39 is 0 Å². The zero-order valence-corrected chi connectivity index (χ0v) is 12.8. The predicted octanol–water partition coefficient (Wildman–Crippen LogP) is 3.65. The van der Waals surface area contributed by atoms with Crippen LogP contribution in [0, 0.1) is 12.3 Å². The van der Waals surface area contributed by atoms with E-state index in [4.69, 9.17) is 4.74 Å². The lowest BCUT2D eigenvalue weighted by Crippen LogP contribution is -2.43. The molecule has 0 unspecified atom stereocenters. The van der Waals surface area contributed by atoms with Gasteiger partial charge in [0.15, 0.2) is 0 Å². The molecule has 0 aromatic heterocycles. The van der Waals surface area contributed by atoms with E-state index >= 15 is 0 Å². The summed E-state index contributed by atoms with van der Waals surface area (Å²) in [6, 6.07) is 9.59. The number of aryl methyl sites for hydroxylation is 1. The van der Waals surface area contributed by atoms with Crippen molar-refractivity contribution in [3.8, 4) is 0 Å². The van der Waals surface area contributed by atoms with Gasteiger partial charge in [-0.2, -0.15) is 0 Å². The number of nitrogens with one attached hydrogen (secondary N) is 1. The van der Waals surface area contributed by atoms with Gasteiger partial charge in [-0.15, -0.1) is 0 Å². The Kier molecular flexibility index (Phi) is 4.13. The third kappa shape index (κ3) is 3.07. The van der Waals surface area contributed by atoms with Crippen LogP contribution in [0.5, 0.6) is 0 Å². The quantitative estimate of drug-likeness (QED) is 0.819. The molecule has 2 aliphatic rings. The topological polar surface area (TPSA) is 21.3 Å². The molecular formula is C18H27NO. The van der Waals surface area contributed by atoms with Gasteiger partial charge in [0.25, 0.3) is 0 Å². The third-order valence-electron chi connectivity index (χ3n) is 5.33. The van der Waals surface area contributed by atoms with E-state index in [9.17, 15) is 0 Å². The maximum Gasteiger partial charge on any atom is 0.0468 e. The predicted molar refractivity (Wildman–Crippen MR) is 83.1 cm³/mol. The number of methoxy groups -OCH3 is 1. The van der Waals surface area contributed by atoms with Gasteiger partial charge in [-0.25, -0.2) is 0 Å². The van der Waals surface area contributed by atoms with Crippen molar-refractivity contribution in [1.82, 2.24) is 5.32 Å². The Morgan fingerprint density at radius 3 is 2.65 bits per heavy atom.